The first-order valence-electron chi connectivity index (χ1n) is 6.56. The van der Waals surface area contributed by atoms with Crippen molar-refractivity contribution in [3.63, 3.8) is 0 Å². The fourth-order valence-corrected chi connectivity index (χ4v) is 2.74. The van der Waals surface area contributed by atoms with E-state index in [1.165, 1.54) is 23.9 Å². The van der Waals surface area contributed by atoms with Gasteiger partial charge in [-0.3, -0.25) is 0 Å². The largest absolute Gasteiger partial charge is 0.416 e. The lowest BCUT2D eigenvalue weighted by atomic mass is 10.2. The number of halogens is 3. The predicted molar refractivity (Wildman–Crippen MR) is 78.2 cm³/mol. The van der Waals surface area contributed by atoms with Crippen LogP contribution in [0.5, 0.6) is 0 Å². The van der Waals surface area contributed by atoms with Crippen LogP contribution in [0.4, 0.5) is 13.2 Å². The monoisotopic (exact) mass is 306 g/mol. The van der Waals surface area contributed by atoms with Gasteiger partial charge in [0.15, 0.2) is 0 Å². The van der Waals surface area contributed by atoms with E-state index in [9.17, 15) is 13.2 Å². The van der Waals surface area contributed by atoms with Crippen molar-refractivity contribution < 1.29 is 13.2 Å². The average Bonchev–Trinajstić information content (AvgIpc) is 2.38. The summed E-state index contributed by atoms with van der Waals surface area (Å²) >= 11 is 1.46. The van der Waals surface area contributed by atoms with Crippen molar-refractivity contribution in [3.05, 3.63) is 29.8 Å². The normalized spacial score (nSPS) is 12.1. The van der Waals surface area contributed by atoms with Crippen LogP contribution in [-0.2, 0) is 6.18 Å². The molecule has 0 atom stereocenters. The van der Waals surface area contributed by atoms with E-state index >= 15 is 0 Å². The van der Waals surface area contributed by atoms with Gasteiger partial charge in [-0.25, -0.2) is 0 Å². The van der Waals surface area contributed by atoms with E-state index in [0.717, 1.165) is 37.9 Å². The van der Waals surface area contributed by atoms with Crippen LogP contribution in [0.25, 0.3) is 0 Å². The molecule has 1 rings (SSSR count). The highest BCUT2D eigenvalue weighted by Crippen LogP contribution is 2.31. The van der Waals surface area contributed by atoms with Gasteiger partial charge in [-0.1, -0.05) is 6.07 Å². The second-order valence-electron chi connectivity index (χ2n) is 4.63. The summed E-state index contributed by atoms with van der Waals surface area (Å²) in [5, 5.41) is 3.09. The Hall–Kier alpha value is -0.720. The zero-order valence-electron chi connectivity index (χ0n) is 11.8. The summed E-state index contributed by atoms with van der Waals surface area (Å²) in [6.07, 6.45) is -3.19. The first kappa shape index (κ1) is 17.3. The maximum Gasteiger partial charge on any atom is 0.416 e. The minimum atomic E-state index is -4.26. The molecule has 1 aromatic rings. The molecular formula is C14H21F3N2S. The van der Waals surface area contributed by atoms with Gasteiger partial charge in [0, 0.05) is 17.2 Å². The fraction of sp³-hybridized carbons (Fsp3) is 0.571. The predicted octanol–water partition coefficient (Wildman–Crippen LogP) is 3.34. The van der Waals surface area contributed by atoms with Crippen LogP contribution in [0.1, 0.15) is 12.0 Å². The molecule has 0 aliphatic heterocycles. The van der Waals surface area contributed by atoms with Crippen LogP contribution in [0, 0.1) is 0 Å². The number of thioether (sulfide) groups is 1. The number of alkyl halides is 3. The molecule has 2 nitrogen and oxygen atoms in total. The van der Waals surface area contributed by atoms with Crippen LogP contribution in [0.15, 0.2) is 29.2 Å². The molecule has 0 bridgehead atoms. The van der Waals surface area contributed by atoms with E-state index in [4.69, 9.17) is 0 Å². The Bertz CT molecular complexity index is 396. The maximum absolute atomic E-state index is 12.6. The summed E-state index contributed by atoms with van der Waals surface area (Å²) < 4.78 is 37.7. The summed E-state index contributed by atoms with van der Waals surface area (Å²) in [5.41, 5.74) is -0.579. The molecular weight excluding hydrogens is 285 g/mol. The van der Waals surface area contributed by atoms with Crippen LogP contribution >= 0.6 is 11.8 Å². The smallest absolute Gasteiger partial charge is 0.320 e. The molecule has 114 valence electrons. The Morgan fingerprint density at radius 3 is 2.65 bits per heavy atom. The zero-order valence-corrected chi connectivity index (χ0v) is 12.7. The van der Waals surface area contributed by atoms with Crippen molar-refractivity contribution in [2.45, 2.75) is 17.5 Å². The minimum absolute atomic E-state index is 0.579. The third kappa shape index (κ3) is 6.63. The van der Waals surface area contributed by atoms with Crippen LogP contribution in [0.3, 0.4) is 0 Å². The molecule has 0 saturated heterocycles. The topological polar surface area (TPSA) is 15.3 Å². The van der Waals surface area contributed by atoms with Crippen molar-refractivity contribution >= 4 is 11.8 Å². The number of hydrogen-bond acceptors (Lipinski definition) is 3. The van der Waals surface area contributed by atoms with Gasteiger partial charge in [-0.05, 0) is 51.8 Å². The number of nitrogens with zero attached hydrogens (tertiary/aromatic N) is 1. The number of benzene rings is 1. The third-order valence-corrected chi connectivity index (χ3v) is 3.84. The lowest BCUT2D eigenvalue weighted by molar-refractivity contribution is -0.137. The number of hydrogen-bond donors (Lipinski definition) is 1. The van der Waals surface area contributed by atoms with Gasteiger partial charge in [-0.15, -0.1) is 11.8 Å². The molecule has 0 spiro atoms. The molecule has 0 radical (unpaired) electrons. The van der Waals surface area contributed by atoms with E-state index < -0.39 is 11.7 Å². The van der Waals surface area contributed by atoms with Gasteiger partial charge in [0.25, 0.3) is 0 Å². The molecule has 20 heavy (non-hydrogen) atoms. The maximum atomic E-state index is 12.6. The minimum Gasteiger partial charge on any atom is -0.320 e. The first-order valence-corrected chi connectivity index (χ1v) is 7.55. The van der Waals surface area contributed by atoms with Crippen LogP contribution in [0.2, 0.25) is 0 Å². The van der Waals surface area contributed by atoms with Crippen molar-refractivity contribution in [3.8, 4) is 0 Å². The molecule has 0 aliphatic carbocycles. The Labute approximate surface area is 122 Å². The van der Waals surface area contributed by atoms with Gasteiger partial charge in [0.1, 0.15) is 0 Å². The van der Waals surface area contributed by atoms with E-state index in [2.05, 4.69) is 10.2 Å². The standard InChI is InChI=1S/C14H21F3N2S/c1-18-7-4-8-19(2)9-10-20-13-6-3-5-12(11-13)14(15,16)17/h3,5-6,11,18H,4,7-10H2,1-2H3. The summed E-state index contributed by atoms with van der Waals surface area (Å²) in [7, 11) is 3.95. The summed E-state index contributed by atoms with van der Waals surface area (Å²) in [4.78, 5) is 2.86. The summed E-state index contributed by atoms with van der Waals surface area (Å²) in [6.45, 7) is 2.83. The van der Waals surface area contributed by atoms with Crippen molar-refractivity contribution in [2.24, 2.45) is 0 Å². The highest BCUT2D eigenvalue weighted by molar-refractivity contribution is 7.99. The quantitative estimate of drug-likeness (QED) is 0.586. The Morgan fingerprint density at radius 2 is 2.00 bits per heavy atom. The molecule has 0 aliphatic rings. The van der Waals surface area contributed by atoms with Gasteiger partial charge in [0.2, 0.25) is 0 Å². The van der Waals surface area contributed by atoms with E-state index in [1.54, 1.807) is 6.07 Å². The molecule has 0 fully saturated rings. The van der Waals surface area contributed by atoms with Crippen molar-refractivity contribution in [1.29, 1.82) is 0 Å². The molecule has 0 aromatic heterocycles. The lowest BCUT2D eigenvalue weighted by Gasteiger charge is -2.16. The van der Waals surface area contributed by atoms with Crippen molar-refractivity contribution in [1.82, 2.24) is 10.2 Å². The zero-order chi connectivity index (χ0) is 15.0. The second-order valence-corrected chi connectivity index (χ2v) is 5.80. The number of rotatable bonds is 8. The van der Waals surface area contributed by atoms with Gasteiger partial charge in [0.05, 0.1) is 5.56 Å². The molecule has 0 unspecified atom stereocenters. The van der Waals surface area contributed by atoms with E-state index in [0.29, 0.717) is 4.90 Å². The second kappa shape index (κ2) is 8.54. The summed E-state index contributed by atoms with van der Waals surface area (Å²) in [5.74, 6) is 0.789. The number of nitrogens with one attached hydrogen (secondary N) is 1. The highest BCUT2D eigenvalue weighted by atomic mass is 32.2. The molecule has 1 aromatic carbocycles. The molecule has 0 heterocycles. The van der Waals surface area contributed by atoms with Crippen LogP contribution in [-0.4, -0.2) is 44.4 Å². The third-order valence-electron chi connectivity index (χ3n) is 2.87. The highest BCUT2D eigenvalue weighted by Gasteiger charge is 2.30. The van der Waals surface area contributed by atoms with Gasteiger partial charge in [-0.2, -0.15) is 13.2 Å². The van der Waals surface area contributed by atoms with E-state index in [1.807, 2.05) is 14.1 Å². The van der Waals surface area contributed by atoms with Gasteiger partial charge >= 0.3 is 6.18 Å². The van der Waals surface area contributed by atoms with Crippen molar-refractivity contribution in [2.75, 3.05) is 39.5 Å². The summed E-state index contributed by atoms with van der Waals surface area (Å²) in [6, 6.07) is 5.50. The molecule has 6 heteroatoms. The van der Waals surface area contributed by atoms with Gasteiger partial charge < -0.3 is 10.2 Å². The molecule has 0 amide bonds. The lowest BCUT2D eigenvalue weighted by Crippen LogP contribution is -2.24. The average molecular weight is 306 g/mol. The SMILES string of the molecule is CNCCCN(C)CCSc1cccc(C(F)(F)F)c1. The Balaban J connectivity index is 2.35. The van der Waals surface area contributed by atoms with Crippen LogP contribution < -0.4 is 5.32 Å². The fourth-order valence-electron chi connectivity index (χ4n) is 1.72. The Morgan fingerprint density at radius 1 is 1.25 bits per heavy atom. The molecule has 0 saturated carbocycles. The Kier molecular flexibility index (Phi) is 7.40. The van der Waals surface area contributed by atoms with E-state index in [-0.39, 0.29) is 0 Å². The first-order chi connectivity index (χ1) is 9.43. The molecule has 1 N–H and O–H groups in total.